The minimum absolute atomic E-state index is 0.880. The Morgan fingerprint density at radius 3 is 2.55 bits per heavy atom. The molecule has 2 heteroatoms. The number of benzene rings is 1. The molecule has 0 heterocycles. The van der Waals surface area contributed by atoms with Crippen LogP contribution >= 0.6 is 22.9 Å². The summed E-state index contributed by atoms with van der Waals surface area (Å²) in [5.74, 6) is 0. The molecule has 58 valence electrons. The number of para-hydroxylation sites is 1. The summed E-state index contributed by atoms with van der Waals surface area (Å²) in [6.45, 7) is 4.56. The van der Waals surface area contributed by atoms with Gasteiger partial charge in [0.2, 0.25) is 0 Å². The van der Waals surface area contributed by atoms with Crippen molar-refractivity contribution in [1.82, 2.24) is 0 Å². The number of halogens is 1. The average Bonchev–Trinajstić information content (AvgIpc) is 2.07. The van der Waals surface area contributed by atoms with Crippen LogP contribution in [-0.2, 0) is 0 Å². The van der Waals surface area contributed by atoms with Gasteiger partial charge in [-0.05, 0) is 12.1 Å². The van der Waals surface area contributed by atoms with Crippen LogP contribution in [0.5, 0.6) is 0 Å². The predicted octanol–water partition coefficient (Wildman–Crippen LogP) is 3.03. The zero-order valence-electron chi connectivity index (χ0n) is 6.20. The number of hydrogen-bond donors (Lipinski definition) is 0. The molecule has 0 unspecified atom stereocenters. The second kappa shape index (κ2) is 4.38. The highest BCUT2D eigenvalue weighted by Gasteiger charge is 1.96. The first kappa shape index (κ1) is 8.59. The van der Waals surface area contributed by atoms with Crippen molar-refractivity contribution in [3.05, 3.63) is 43.0 Å². The topological polar surface area (TPSA) is 3.24 Å². The minimum atomic E-state index is 0.880. The van der Waals surface area contributed by atoms with Crippen molar-refractivity contribution < 1.29 is 0 Å². The Balaban J connectivity index is 2.68. The molecule has 0 amide bonds. The van der Waals surface area contributed by atoms with Crippen molar-refractivity contribution in [2.24, 2.45) is 0 Å². The first-order valence-electron chi connectivity index (χ1n) is 3.44. The second-order valence-corrected chi connectivity index (χ2v) is 3.33. The van der Waals surface area contributed by atoms with Crippen molar-refractivity contribution in [1.29, 1.82) is 0 Å². The smallest absolute Gasteiger partial charge is 0.0594 e. The molecule has 0 aliphatic rings. The molecule has 0 aromatic heterocycles. The molecule has 0 aliphatic heterocycles. The first-order chi connectivity index (χ1) is 5.34. The Morgan fingerprint density at radius 2 is 2.00 bits per heavy atom. The zero-order chi connectivity index (χ0) is 8.10. The normalized spacial score (nSPS) is 9.18. The maximum absolute atomic E-state index is 3.68. The zero-order valence-corrected chi connectivity index (χ0v) is 8.36. The molecule has 0 N–H and O–H groups in total. The third kappa shape index (κ3) is 2.54. The van der Waals surface area contributed by atoms with Crippen LogP contribution in [0, 0.1) is 0 Å². The van der Waals surface area contributed by atoms with Gasteiger partial charge in [-0.25, -0.2) is 0 Å². The Labute approximate surface area is 81.2 Å². The minimum Gasteiger partial charge on any atom is -0.311 e. The average molecular weight is 259 g/mol. The van der Waals surface area contributed by atoms with E-state index in [1.807, 2.05) is 24.3 Å². The van der Waals surface area contributed by atoms with E-state index in [9.17, 15) is 0 Å². The van der Waals surface area contributed by atoms with Gasteiger partial charge in [0.05, 0.1) is 22.9 Å². The molecule has 1 aromatic carbocycles. The highest BCUT2D eigenvalue weighted by molar-refractivity contribution is 14.1. The molecule has 0 bridgehead atoms. The molecule has 0 atom stereocenters. The van der Waals surface area contributed by atoms with Crippen molar-refractivity contribution in [2.45, 2.75) is 0 Å². The van der Waals surface area contributed by atoms with E-state index in [1.54, 1.807) is 0 Å². The summed E-state index contributed by atoms with van der Waals surface area (Å²) in [5, 5.41) is 0. The summed E-state index contributed by atoms with van der Waals surface area (Å²) >= 11 is 2.27. The molecule has 0 spiro atoms. The highest BCUT2D eigenvalue weighted by Crippen LogP contribution is 2.16. The Kier molecular flexibility index (Phi) is 3.42. The number of rotatable bonds is 3. The van der Waals surface area contributed by atoms with E-state index in [4.69, 9.17) is 0 Å². The van der Waals surface area contributed by atoms with E-state index in [2.05, 4.69) is 44.7 Å². The van der Waals surface area contributed by atoms with E-state index in [0.717, 1.165) is 6.54 Å². The van der Waals surface area contributed by atoms with Crippen LogP contribution in [0.3, 0.4) is 0 Å². The van der Waals surface area contributed by atoms with Gasteiger partial charge in [-0.3, -0.25) is 0 Å². The van der Waals surface area contributed by atoms with Gasteiger partial charge in [0.1, 0.15) is 0 Å². The molecule has 0 saturated heterocycles. The third-order valence-corrected chi connectivity index (χ3v) is 2.28. The molecule has 0 aliphatic carbocycles. The lowest BCUT2D eigenvalue weighted by molar-refractivity contribution is 1.25. The largest absolute Gasteiger partial charge is 0.311 e. The standard InChI is InChI=1S/C9H10IN/c1-2-8-11(10)9-6-4-3-5-7-9/h2-7H,1,8H2. The van der Waals surface area contributed by atoms with Crippen LogP contribution in [-0.4, -0.2) is 6.54 Å². The maximum Gasteiger partial charge on any atom is 0.0594 e. The molecular formula is C9H10IN. The Bertz CT molecular complexity index is 220. The van der Waals surface area contributed by atoms with Crippen LogP contribution in [0.1, 0.15) is 0 Å². The van der Waals surface area contributed by atoms with Gasteiger partial charge in [-0.15, -0.1) is 6.58 Å². The lowest BCUT2D eigenvalue weighted by atomic mass is 10.3. The van der Waals surface area contributed by atoms with E-state index in [1.165, 1.54) is 5.69 Å². The molecule has 11 heavy (non-hydrogen) atoms. The predicted molar refractivity (Wildman–Crippen MR) is 58.0 cm³/mol. The number of anilines is 1. The first-order valence-corrected chi connectivity index (χ1v) is 4.40. The monoisotopic (exact) mass is 259 g/mol. The summed E-state index contributed by atoms with van der Waals surface area (Å²) < 4.78 is 2.12. The summed E-state index contributed by atoms with van der Waals surface area (Å²) in [6, 6.07) is 10.2. The fourth-order valence-corrected chi connectivity index (χ4v) is 1.41. The molecule has 1 nitrogen and oxygen atoms in total. The van der Waals surface area contributed by atoms with Gasteiger partial charge in [-0.2, -0.15) is 0 Å². The third-order valence-electron chi connectivity index (χ3n) is 1.33. The van der Waals surface area contributed by atoms with Crippen LogP contribution in [0.25, 0.3) is 0 Å². The Morgan fingerprint density at radius 1 is 1.36 bits per heavy atom. The fraction of sp³-hybridized carbons (Fsp3) is 0.111. The molecule has 0 radical (unpaired) electrons. The van der Waals surface area contributed by atoms with Gasteiger partial charge < -0.3 is 3.11 Å². The lowest BCUT2D eigenvalue weighted by Crippen LogP contribution is -2.07. The van der Waals surface area contributed by atoms with Gasteiger partial charge >= 0.3 is 0 Å². The van der Waals surface area contributed by atoms with Crippen LogP contribution in [0.4, 0.5) is 5.69 Å². The van der Waals surface area contributed by atoms with E-state index < -0.39 is 0 Å². The van der Waals surface area contributed by atoms with Crippen molar-refractivity contribution >= 4 is 28.6 Å². The molecule has 1 aromatic rings. The Hall–Kier alpha value is -0.510. The number of nitrogens with zero attached hydrogens (tertiary/aromatic N) is 1. The van der Waals surface area contributed by atoms with Crippen LogP contribution < -0.4 is 3.11 Å². The molecule has 1 rings (SSSR count). The van der Waals surface area contributed by atoms with E-state index in [0.29, 0.717) is 0 Å². The molecular weight excluding hydrogens is 249 g/mol. The maximum atomic E-state index is 3.68. The summed E-state index contributed by atoms with van der Waals surface area (Å²) in [6.07, 6.45) is 1.89. The summed E-state index contributed by atoms with van der Waals surface area (Å²) in [4.78, 5) is 0. The van der Waals surface area contributed by atoms with Crippen LogP contribution in [0.2, 0.25) is 0 Å². The van der Waals surface area contributed by atoms with E-state index >= 15 is 0 Å². The van der Waals surface area contributed by atoms with E-state index in [-0.39, 0.29) is 0 Å². The quantitative estimate of drug-likeness (QED) is 0.458. The van der Waals surface area contributed by atoms with Gasteiger partial charge in [0.15, 0.2) is 0 Å². The lowest BCUT2D eigenvalue weighted by Gasteiger charge is -2.13. The summed E-state index contributed by atoms with van der Waals surface area (Å²) in [5.41, 5.74) is 1.22. The van der Waals surface area contributed by atoms with Crippen molar-refractivity contribution in [3.63, 3.8) is 0 Å². The van der Waals surface area contributed by atoms with Crippen molar-refractivity contribution in [2.75, 3.05) is 9.66 Å². The second-order valence-electron chi connectivity index (χ2n) is 2.17. The van der Waals surface area contributed by atoms with Gasteiger partial charge in [0, 0.05) is 12.2 Å². The summed E-state index contributed by atoms with van der Waals surface area (Å²) in [7, 11) is 0. The molecule has 0 fully saturated rings. The van der Waals surface area contributed by atoms with Crippen molar-refractivity contribution in [3.8, 4) is 0 Å². The SMILES string of the molecule is C=CCN(I)c1ccccc1. The van der Waals surface area contributed by atoms with Crippen LogP contribution in [0.15, 0.2) is 43.0 Å². The number of hydrogen-bond acceptors (Lipinski definition) is 1. The highest BCUT2D eigenvalue weighted by atomic mass is 127. The fourth-order valence-electron chi connectivity index (χ4n) is 0.809. The van der Waals surface area contributed by atoms with Gasteiger partial charge in [-0.1, -0.05) is 24.3 Å². The van der Waals surface area contributed by atoms with Gasteiger partial charge in [0.25, 0.3) is 0 Å². The molecule has 0 saturated carbocycles.